The van der Waals surface area contributed by atoms with Gasteiger partial charge in [0, 0.05) is 23.6 Å². The molecule has 1 aromatic heterocycles. The maximum Gasteiger partial charge on any atom is 0.266 e. The van der Waals surface area contributed by atoms with E-state index in [9.17, 15) is 4.79 Å². The van der Waals surface area contributed by atoms with Gasteiger partial charge in [-0.05, 0) is 56.6 Å². The van der Waals surface area contributed by atoms with E-state index in [4.69, 9.17) is 21.4 Å². The van der Waals surface area contributed by atoms with Crippen molar-refractivity contribution >= 4 is 29.2 Å². The highest BCUT2D eigenvalue weighted by Gasteiger charge is 2.59. The monoisotopic (exact) mass is 332 g/mol. The van der Waals surface area contributed by atoms with Crippen LogP contribution in [0.2, 0.25) is 0 Å². The fourth-order valence-corrected chi connectivity index (χ4v) is 4.17. The van der Waals surface area contributed by atoms with E-state index in [0.29, 0.717) is 22.1 Å². The Labute approximate surface area is 139 Å². The molecule has 0 radical (unpaired) electrons. The molecular weight excluding hydrogens is 312 g/mol. The lowest BCUT2D eigenvalue weighted by atomic mass is 9.51. The highest BCUT2D eigenvalue weighted by atomic mass is 32.1. The second-order valence-electron chi connectivity index (χ2n) is 6.52. The Morgan fingerprint density at radius 1 is 1.52 bits per heavy atom. The normalized spacial score (nSPS) is 25.1. The molecule has 2 aromatic rings. The number of fused-ring (bicyclic) bond motifs is 1. The maximum atomic E-state index is 12.6. The van der Waals surface area contributed by atoms with Crippen LogP contribution in [0.25, 0.3) is 11.1 Å². The number of nitrogens with one attached hydrogen (secondary N) is 2. The van der Waals surface area contributed by atoms with Crippen LogP contribution in [-0.2, 0) is 4.74 Å². The fraction of sp³-hybridized carbons (Fsp3) is 0.529. The maximum absolute atomic E-state index is 12.6. The van der Waals surface area contributed by atoms with E-state index < -0.39 is 0 Å². The van der Waals surface area contributed by atoms with E-state index >= 15 is 0 Å². The second kappa shape index (κ2) is 5.46. The first kappa shape index (κ1) is 14.9. The minimum atomic E-state index is -0.0551. The topological polar surface area (TPSA) is 67.3 Å². The molecule has 23 heavy (non-hydrogen) atoms. The summed E-state index contributed by atoms with van der Waals surface area (Å²) in [6, 6.07) is 5.58. The van der Waals surface area contributed by atoms with Crippen LogP contribution in [0, 0.1) is 10.3 Å². The third-order valence-corrected chi connectivity index (χ3v) is 5.61. The number of amides is 1. The van der Waals surface area contributed by atoms with Crippen LogP contribution in [0.4, 0.5) is 0 Å². The lowest BCUT2D eigenvalue weighted by Crippen LogP contribution is -2.67. The third-order valence-electron chi connectivity index (χ3n) is 5.43. The molecule has 4 rings (SSSR count). The molecule has 2 fully saturated rings. The average molecular weight is 332 g/mol. The number of carbonyl (C=O) groups is 1. The van der Waals surface area contributed by atoms with Crippen molar-refractivity contribution in [2.45, 2.75) is 44.8 Å². The van der Waals surface area contributed by atoms with Crippen LogP contribution < -0.4 is 5.32 Å². The number of aromatic amines is 1. The van der Waals surface area contributed by atoms with Gasteiger partial charge in [0.1, 0.15) is 0 Å². The van der Waals surface area contributed by atoms with Gasteiger partial charge in [0.05, 0.1) is 11.6 Å². The predicted octanol–water partition coefficient (Wildman–Crippen LogP) is 3.57. The Hall–Kier alpha value is -1.66. The van der Waals surface area contributed by atoms with Crippen molar-refractivity contribution in [1.29, 1.82) is 0 Å². The number of aromatic nitrogens is 1. The molecule has 1 spiro atoms. The van der Waals surface area contributed by atoms with Gasteiger partial charge in [-0.3, -0.25) is 4.79 Å². The second-order valence-corrected chi connectivity index (χ2v) is 6.89. The van der Waals surface area contributed by atoms with Crippen molar-refractivity contribution in [1.82, 2.24) is 10.3 Å². The van der Waals surface area contributed by atoms with Gasteiger partial charge in [-0.15, -0.1) is 0 Å². The van der Waals surface area contributed by atoms with Crippen LogP contribution in [0.5, 0.6) is 0 Å². The lowest BCUT2D eigenvalue weighted by molar-refractivity contribution is -0.169. The standard InChI is InChI=1S/C17H20N2O3S/c1-2-21-14-9-13(17(14)6-3-7-17)19-15(20)10-4-5-11-12(8-10)22-16(23)18-11/h4-5,8,13-14H,2-3,6-7,9H2,1H3,(H,18,23)(H,19,20)/t13-,14+/m0/s1. The summed E-state index contributed by atoms with van der Waals surface area (Å²) in [7, 11) is 0. The molecule has 0 saturated heterocycles. The molecule has 1 aromatic carbocycles. The Kier molecular flexibility index (Phi) is 3.54. The first-order chi connectivity index (χ1) is 11.1. The smallest absolute Gasteiger partial charge is 0.266 e. The summed E-state index contributed by atoms with van der Waals surface area (Å²) in [4.78, 5) is 15.8. The average Bonchev–Trinajstić information content (AvgIpc) is 2.83. The molecule has 0 aliphatic heterocycles. The molecular formula is C17H20N2O3S. The van der Waals surface area contributed by atoms with Crippen molar-refractivity contribution in [2.24, 2.45) is 5.41 Å². The van der Waals surface area contributed by atoms with Gasteiger partial charge in [-0.2, -0.15) is 0 Å². The van der Waals surface area contributed by atoms with Gasteiger partial charge < -0.3 is 19.5 Å². The van der Waals surface area contributed by atoms with E-state index in [1.54, 1.807) is 12.1 Å². The van der Waals surface area contributed by atoms with Crippen molar-refractivity contribution < 1.29 is 13.9 Å². The minimum Gasteiger partial charge on any atom is -0.429 e. The third kappa shape index (κ3) is 2.32. The van der Waals surface area contributed by atoms with E-state index in [1.165, 1.54) is 6.42 Å². The highest BCUT2D eigenvalue weighted by Crippen LogP contribution is 2.57. The SMILES string of the molecule is CCO[C@@H]1C[C@H](NC(=O)c2ccc3[nH]c(=S)oc3c2)C12CCC2. The number of carbonyl (C=O) groups excluding carboxylic acids is 1. The molecule has 1 amide bonds. The van der Waals surface area contributed by atoms with E-state index in [2.05, 4.69) is 10.3 Å². The summed E-state index contributed by atoms with van der Waals surface area (Å²) in [5.74, 6) is -0.0551. The zero-order valence-corrected chi connectivity index (χ0v) is 13.9. The fourth-order valence-electron chi connectivity index (χ4n) is 3.97. The predicted molar refractivity (Wildman–Crippen MR) is 89.0 cm³/mol. The zero-order valence-electron chi connectivity index (χ0n) is 13.1. The molecule has 122 valence electrons. The summed E-state index contributed by atoms with van der Waals surface area (Å²) in [5.41, 5.74) is 2.19. The number of hydrogen-bond donors (Lipinski definition) is 2. The summed E-state index contributed by atoms with van der Waals surface area (Å²) >= 11 is 4.97. The van der Waals surface area contributed by atoms with Gasteiger partial charge >= 0.3 is 0 Å². The largest absolute Gasteiger partial charge is 0.429 e. The van der Waals surface area contributed by atoms with Crippen molar-refractivity contribution in [3.05, 3.63) is 28.6 Å². The Bertz CT molecular complexity index is 806. The van der Waals surface area contributed by atoms with Gasteiger partial charge in [0.2, 0.25) is 0 Å². The molecule has 0 unspecified atom stereocenters. The number of hydrogen-bond acceptors (Lipinski definition) is 4. The Morgan fingerprint density at radius 2 is 2.35 bits per heavy atom. The Balaban J connectivity index is 1.50. The van der Waals surface area contributed by atoms with Crippen LogP contribution in [0.1, 0.15) is 43.0 Å². The summed E-state index contributed by atoms with van der Waals surface area (Å²) in [6.07, 6.45) is 4.73. The first-order valence-electron chi connectivity index (χ1n) is 8.18. The van der Waals surface area contributed by atoms with Crippen LogP contribution in [0.15, 0.2) is 22.6 Å². The van der Waals surface area contributed by atoms with Crippen LogP contribution in [-0.4, -0.2) is 29.6 Å². The lowest BCUT2D eigenvalue weighted by Gasteiger charge is -2.61. The molecule has 2 saturated carbocycles. The summed E-state index contributed by atoms with van der Waals surface area (Å²) in [6.45, 7) is 2.77. The molecule has 2 atom stereocenters. The quantitative estimate of drug-likeness (QED) is 0.840. The molecule has 2 N–H and O–H groups in total. The summed E-state index contributed by atoms with van der Waals surface area (Å²) in [5, 5.41) is 3.19. The van der Waals surface area contributed by atoms with Crippen molar-refractivity contribution in [3.63, 3.8) is 0 Å². The van der Waals surface area contributed by atoms with Gasteiger partial charge in [0.15, 0.2) is 5.58 Å². The van der Waals surface area contributed by atoms with E-state index in [-0.39, 0.29) is 17.4 Å². The van der Waals surface area contributed by atoms with Crippen LogP contribution in [0.3, 0.4) is 0 Å². The Morgan fingerprint density at radius 3 is 3.04 bits per heavy atom. The van der Waals surface area contributed by atoms with E-state index in [1.807, 2.05) is 13.0 Å². The van der Waals surface area contributed by atoms with Gasteiger partial charge in [-0.1, -0.05) is 6.42 Å². The first-order valence-corrected chi connectivity index (χ1v) is 8.58. The number of H-pyrrole nitrogens is 1. The highest BCUT2D eigenvalue weighted by molar-refractivity contribution is 7.71. The molecule has 0 bridgehead atoms. The molecule has 2 aliphatic rings. The molecule has 2 aliphatic carbocycles. The molecule has 1 heterocycles. The summed E-state index contributed by atoms with van der Waals surface area (Å²) < 4.78 is 11.2. The zero-order chi connectivity index (χ0) is 16.0. The van der Waals surface area contributed by atoms with Crippen LogP contribution >= 0.6 is 12.2 Å². The van der Waals surface area contributed by atoms with Crippen molar-refractivity contribution in [3.8, 4) is 0 Å². The number of oxazole rings is 1. The molecule has 6 heteroatoms. The van der Waals surface area contributed by atoms with Gasteiger partial charge in [0.25, 0.3) is 10.7 Å². The number of benzene rings is 1. The van der Waals surface area contributed by atoms with E-state index in [0.717, 1.165) is 31.4 Å². The molecule has 5 nitrogen and oxygen atoms in total. The number of rotatable bonds is 4. The van der Waals surface area contributed by atoms with Crippen molar-refractivity contribution in [2.75, 3.05) is 6.61 Å². The minimum absolute atomic E-state index is 0.0551. The number of ether oxygens (including phenoxy) is 1. The van der Waals surface area contributed by atoms with Gasteiger partial charge in [-0.25, -0.2) is 0 Å².